The molecule has 0 fully saturated rings. The van der Waals surface area contributed by atoms with E-state index in [1.807, 2.05) is 21.1 Å². The molecule has 59 heavy (non-hydrogen) atoms. The van der Waals surface area contributed by atoms with Gasteiger partial charge < -0.3 is 23.8 Å². The van der Waals surface area contributed by atoms with Crippen molar-refractivity contribution in [3.8, 4) is 0 Å². The maximum absolute atomic E-state index is 12.8. The molecule has 0 rings (SSSR count). The molecule has 0 amide bonds. The topological polar surface area (TPSA) is 99.1 Å². The lowest BCUT2D eigenvalue weighted by molar-refractivity contribution is -0.887. The van der Waals surface area contributed by atoms with Gasteiger partial charge in [-0.15, -0.1) is 0 Å². The molecule has 0 radical (unpaired) electrons. The van der Waals surface area contributed by atoms with Gasteiger partial charge in [-0.25, -0.2) is 4.79 Å². The van der Waals surface area contributed by atoms with Crippen molar-refractivity contribution in [1.82, 2.24) is 0 Å². The monoisotopic (exact) mass is 829 g/mol. The van der Waals surface area contributed by atoms with Crippen LogP contribution in [-0.2, 0) is 28.6 Å². The molecule has 0 aromatic heterocycles. The summed E-state index contributed by atoms with van der Waals surface area (Å²) in [6.07, 6.45) is 51.2. The summed E-state index contributed by atoms with van der Waals surface area (Å²) in [4.78, 5) is 37.0. The van der Waals surface area contributed by atoms with Crippen molar-refractivity contribution in [2.24, 2.45) is 0 Å². The van der Waals surface area contributed by atoms with E-state index >= 15 is 0 Å². The van der Waals surface area contributed by atoms with Crippen LogP contribution in [0.5, 0.6) is 0 Å². The third-order valence-electron chi connectivity index (χ3n) is 10.4. The second kappa shape index (κ2) is 41.8. The van der Waals surface area contributed by atoms with Gasteiger partial charge >= 0.3 is 17.9 Å². The number of esters is 2. The highest BCUT2D eigenvalue weighted by Crippen LogP contribution is 2.14. The van der Waals surface area contributed by atoms with Crippen LogP contribution in [0.4, 0.5) is 0 Å². The van der Waals surface area contributed by atoms with Crippen LogP contribution in [0.3, 0.4) is 0 Å². The predicted octanol–water partition coefficient (Wildman–Crippen LogP) is 13.4. The standard InChI is InChI=1S/C51H89NO7/c1-6-8-10-12-14-16-18-20-21-22-23-24-25-26-27-28-30-32-34-36-38-40-42-50(54)59-47(45-57-44-43-48(51(55)56)52(3,4)5)46-58-49(53)41-39-37-35-33-31-29-19-17-15-13-11-9-7-2/h8,10,14,16,20-21,23-24,29,31,47-48H,6-7,9,11-13,15,17-19,22,25-28,30,32-46H2,1-5H3/p+1/b10-8+,16-14+,21-20+,24-23+,31-29+. The highest BCUT2D eigenvalue weighted by Gasteiger charge is 2.31. The molecule has 2 atom stereocenters. The first-order valence-corrected chi connectivity index (χ1v) is 23.8. The van der Waals surface area contributed by atoms with Gasteiger partial charge in [0.2, 0.25) is 0 Å². The Kier molecular flexibility index (Phi) is 39.6. The molecule has 2 unspecified atom stereocenters. The zero-order valence-electron chi connectivity index (χ0n) is 38.7. The second-order valence-electron chi connectivity index (χ2n) is 17.0. The van der Waals surface area contributed by atoms with Gasteiger partial charge in [0, 0.05) is 19.3 Å². The molecule has 0 aromatic rings. The van der Waals surface area contributed by atoms with Crippen molar-refractivity contribution in [2.45, 2.75) is 206 Å². The van der Waals surface area contributed by atoms with Gasteiger partial charge in [0.15, 0.2) is 12.1 Å². The summed E-state index contributed by atoms with van der Waals surface area (Å²) in [6, 6.07) is -0.619. The highest BCUT2D eigenvalue weighted by atomic mass is 16.6. The number of carboxylic acids is 1. The van der Waals surface area contributed by atoms with Crippen LogP contribution in [-0.4, -0.2) is 80.6 Å². The van der Waals surface area contributed by atoms with Crippen LogP contribution in [0.25, 0.3) is 0 Å². The fraction of sp³-hybridized carbons (Fsp3) is 0.745. The average molecular weight is 829 g/mol. The van der Waals surface area contributed by atoms with Crippen LogP contribution in [0, 0.1) is 0 Å². The van der Waals surface area contributed by atoms with Crippen LogP contribution in [0.15, 0.2) is 60.8 Å². The van der Waals surface area contributed by atoms with Crippen molar-refractivity contribution in [3.63, 3.8) is 0 Å². The van der Waals surface area contributed by atoms with E-state index in [0.717, 1.165) is 83.5 Å². The van der Waals surface area contributed by atoms with Gasteiger partial charge in [0.25, 0.3) is 0 Å². The summed E-state index contributed by atoms with van der Waals surface area (Å²) in [5, 5.41) is 9.63. The lowest BCUT2D eigenvalue weighted by Crippen LogP contribution is -2.50. The van der Waals surface area contributed by atoms with E-state index in [-0.39, 0.29) is 36.2 Å². The van der Waals surface area contributed by atoms with Crippen LogP contribution in [0.2, 0.25) is 0 Å². The number of aliphatic carboxylic acids is 1. The summed E-state index contributed by atoms with van der Waals surface area (Å²) in [5.41, 5.74) is 0. The van der Waals surface area contributed by atoms with Crippen LogP contribution in [0.1, 0.15) is 194 Å². The fourth-order valence-electron chi connectivity index (χ4n) is 6.72. The summed E-state index contributed by atoms with van der Waals surface area (Å²) < 4.78 is 17.3. The molecule has 8 nitrogen and oxygen atoms in total. The number of ether oxygens (including phenoxy) is 3. The molecule has 0 aliphatic heterocycles. The summed E-state index contributed by atoms with van der Waals surface area (Å²) in [5.74, 6) is -1.50. The highest BCUT2D eigenvalue weighted by molar-refractivity contribution is 5.72. The number of hydrogen-bond acceptors (Lipinski definition) is 6. The van der Waals surface area contributed by atoms with Gasteiger partial charge in [-0.2, -0.15) is 0 Å². The molecule has 0 spiro atoms. The largest absolute Gasteiger partial charge is 0.477 e. The van der Waals surface area contributed by atoms with Crippen molar-refractivity contribution in [3.05, 3.63) is 60.8 Å². The number of likely N-dealkylation sites (N-methyl/N-ethyl adjacent to an activating group) is 1. The Morgan fingerprint density at radius 3 is 1.44 bits per heavy atom. The third kappa shape index (κ3) is 40.2. The summed E-state index contributed by atoms with van der Waals surface area (Å²) >= 11 is 0. The molecular formula is C51H90NO7+. The van der Waals surface area contributed by atoms with E-state index in [4.69, 9.17) is 14.2 Å². The molecule has 8 heteroatoms. The van der Waals surface area contributed by atoms with Crippen molar-refractivity contribution < 1.29 is 38.2 Å². The SMILES string of the molecule is CC/C=C/C/C=C/C/C=C/C/C=C/CCCCCCCCCCCC(=O)OC(COCCC(C(=O)O)[N+](C)(C)C)COC(=O)CCCCC/C=C/CCCCCCCC. The smallest absolute Gasteiger partial charge is 0.362 e. The summed E-state index contributed by atoms with van der Waals surface area (Å²) in [7, 11) is 5.52. The quantitative estimate of drug-likeness (QED) is 0.0283. The minimum absolute atomic E-state index is 0.0526. The zero-order valence-corrected chi connectivity index (χ0v) is 38.7. The summed E-state index contributed by atoms with van der Waals surface area (Å²) in [6.45, 7) is 4.60. The Morgan fingerprint density at radius 2 is 0.949 bits per heavy atom. The first kappa shape index (κ1) is 56.0. The number of unbranched alkanes of at least 4 members (excludes halogenated alkanes) is 18. The van der Waals surface area contributed by atoms with Gasteiger partial charge in [-0.05, 0) is 77.0 Å². The molecule has 0 aliphatic rings. The van der Waals surface area contributed by atoms with E-state index in [9.17, 15) is 19.5 Å². The minimum atomic E-state index is -0.879. The third-order valence-corrected chi connectivity index (χ3v) is 10.4. The molecule has 0 heterocycles. The second-order valence-corrected chi connectivity index (χ2v) is 17.0. The number of rotatable bonds is 42. The average Bonchev–Trinajstić information content (AvgIpc) is 3.19. The number of allylic oxidation sites excluding steroid dienone is 10. The van der Waals surface area contributed by atoms with Crippen LogP contribution >= 0.6 is 0 Å². The van der Waals surface area contributed by atoms with Crippen molar-refractivity contribution in [1.29, 1.82) is 0 Å². The Hall–Kier alpha value is -2.97. The number of carbonyl (C=O) groups is 3. The van der Waals surface area contributed by atoms with Gasteiger partial charge in [0.1, 0.15) is 6.61 Å². The van der Waals surface area contributed by atoms with E-state index in [2.05, 4.69) is 74.6 Å². The first-order valence-electron chi connectivity index (χ1n) is 23.8. The number of hydrogen-bond donors (Lipinski definition) is 1. The van der Waals surface area contributed by atoms with Crippen molar-refractivity contribution in [2.75, 3.05) is 41.0 Å². The molecule has 340 valence electrons. The first-order chi connectivity index (χ1) is 28.6. The van der Waals surface area contributed by atoms with Gasteiger partial charge in [0.05, 0.1) is 34.4 Å². The minimum Gasteiger partial charge on any atom is -0.477 e. The van der Waals surface area contributed by atoms with Gasteiger partial charge in [-0.3, -0.25) is 9.59 Å². The molecule has 0 bridgehead atoms. The lowest BCUT2D eigenvalue weighted by Gasteiger charge is -2.31. The molecular weight excluding hydrogens is 739 g/mol. The number of carbonyl (C=O) groups excluding carboxylic acids is 2. The molecule has 0 saturated heterocycles. The van der Waals surface area contributed by atoms with E-state index in [0.29, 0.717) is 19.3 Å². The number of carboxylic acid groups (broad SMARTS) is 1. The Balaban J connectivity index is 4.29. The number of nitrogens with zero attached hydrogens (tertiary/aromatic N) is 1. The maximum Gasteiger partial charge on any atom is 0.362 e. The predicted molar refractivity (Wildman–Crippen MR) is 247 cm³/mol. The fourth-order valence-corrected chi connectivity index (χ4v) is 6.72. The Labute approximate surface area is 362 Å². The Bertz CT molecular complexity index is 1150. The lowest BCUT2D eigenvalue weighted by atomic mass is 10.1. The molecule has 0 aromatic carbocycles. The van der Waals surface area contributed by atoms with Crippen LogP contribution < -0.4 is 0 Å². The Morgan fingerprint density at radius 1 is 0.525 bits per heavy atom. The normalized spacial score (nSPS) is 13.4. The number of quaternary nitrogens is 1. The van der Waals surface area contributed by atoms with E-state index in [1.165, 1.54) is 77.0 Å². The van der Waals surface area contributed by atoms with Gasteiger partial charge in [-0.1, -0.05) is 158 Å². The molecule has 0 saturated carbocycles. The zero-order chi connectivity index (χ0) is 43.5. The van der Waals surface area contributed by atoms with Crippen molar-refractivity contribution >= 4 is 17.9 Å². The molecule has 0 aliphatic carbocycles. The van der Waals surface area contributed by atoms with E-state index < -0.39 is 18.1 Å². The molecule has 1 N–H and O–H groups in total. The van der Waals surface area contributed by atoms with E-state index in [1.54, 1.807) is 0 Å². The maximum atomic E-state index is 12.8.